The summed E-state index contributed by atoms with van der Waals surface area (Å²) in [5.74, 6) is 2.22. The van der Waals surface area contributed by atoms with Gasteiger partial charge in [0, 0.05) is 11.1 Å². The number of carbonyl (C=O) groups is 1. The van der Waals surface area contributed by atoms with Crippen molar-refractivity contribution in [3.8, 4) is 28.7 Å². The van der Waals surface area contributed by atoms with Crippen LogP contribution in [0.3, 0.4) is 0 Å². The number of aromatic nitrogens is 2. The zero-order valence-electron chi connectivity index (χ0n) is 15.2. The summed E-state index contributed by atoms with van der Waals surface area (Å²) in [6, 6.07) is 12.2. The van der Waals surface area contributed by atoms with Crippen LogP contribution in [0.1, 0.15) is 16.2 Å². The van der Waals surface area contributed by atoms with Crippen LogP contribution in [-0.4, -0.2) is 37.4 Å². The third-order valence-electron chi connectivity index (χ3n) is 3.86. The fourth-order valence-corrected chi connectivity index (χ4v) is 2.42. The zero-order valence-corrected chi connectivity index (χ0v) is 15.2. The van der Waals surface area contributed by atoms with Crippen LogP contribution in [0.2, 0.25) is 0 Å². The van der Waals surface area contributed by atoms with Crippen molar-refractivity contribution in [2.75, 3.05) is 21.3 Å². The van der Waals surface area contributed by atoms with Crippen molar-refractivity contribution >= 4 is 5.91 Å². The van der Waals surface area contributed by atoms with Crippen molar-refractivity contribution in [2.24, 2.45) is 0 Å². The fraction of sp³-hybridized carbons (Fsp3) is 0.211. The van der Waals surface area contributed by atoms with Crippen molar-refractivity contribution in [2.45, 2.75) is 6.54 Å². The summed E-state index contributed by atoms with van der Waals surface area (Å²) in [6.45, 7) is 0.132. The summed E-state index contributed by atoms with van der Waals surface area (Å²) in [4.78, 5) is 16.6. The number of rotatable bonds is 7. The molecule has 0 saturated heterocycles. The third kappa shape index (κ3) is 4.17. The lowest BCUT2D eigenvalue weighted by molar-refractivity contribution is 0.0949. The maximum absolute atomic E-state index is 12.3. The molecule has 1 aromatic heterocycles. The molecule has 0 aliphatic rings. The Balaban J connectivity index is 1.65. The predicted octanol–water partition coefficient (Wildman–Crippen LogP) is 2.69. The largest absolute Gasteiger partial charge is 0.497 e. The van der Waals surface area contributed by atoms with Crippen LogP contribution in [0.25, 0.3) is 11.5 Å². The molecule has 0 unspecified atom stereocenters. The van der Waals surface area contributed by atoms with E-state index in [1.54, 1.807) is 37.4 Å². The van der Waals surface area contributed by atoms with Gasteiger partial charge in [-0.1, -0.05) is 5.16 Å². The van der Waals surface area contributed by atoms with E-state index in [-0.39, 0.29) is 12.5 Å². The highest BCUT2D eigenvalue weighted by atomic mass is 16.5. The first-order valence-electron chi connectivity index (χ1n) is 8.12. The molecule has 1 amide bonds. The first-order chi connectivity index (χ1) is 13.1. The second kappa shape index (κ2) is 8.22. The molecule has 0 saturated carbocycles. The molecule has 1 heterocycles. The standard InChI is InChI=1S/C19H19N3O5/c1-24-14-7-4-12(5-8-14)19-21-17(22-27-19)11-20-18(23)13-6-9-15(25-2)16(10-13)26-3/h4-10H,11H2,1-3H3,(H,20,23). The summed E-state index contributed by atoms with van der Waals surface area (Å²) in [6.07, 6.45) is 0. The van der Waals surface area contributed by atoms with Gasteiger partial charge >= 0.3 is 0 Å². The van der Waals surface area contributed by atoms with E-state index in [0.717, 1.165) is 11.3 Å². The SMILES string of the molecule is COc1ccc(-c2nc(CNC(=O)c3ccc(OC)c(OC)c3)no2)cc1. The van der Waals surface area contributed by atoms with E-state index < -0.39 is 0 Å². The number of hydrogen-bond acceptors (Lipinski definition) is 7. The summed E-state index contributed by atoms with van der Waals surface area (Å²) in [7, 11) is 4.65. The molecular weight excluding hydrogens is 350 g/mol. The normalized spacial score (nSPS) is 10.3. The average Bonchev–Trinajstić information content (AvgIpc) is 3.20. The minimum absolute atomic E-state index is 0.132. The number of methoxy groups -OCH3 is 3. The maximum atomic E-state index is 12.3. The predicted molar refractivity (Wildman–Crippen MR) is 97.0 cm³/mol. The maximum Gasteiger partial charge on any atom is 0.257 e. The molecular formula is C19H19N3O5. The van der Waals surface area contributed by atoms with Gasteiger partial charge in [-0.3, -0.25) is 4.79 Å². The lowest BCUT2D eigenvalue weighted by Gasteiger charge is -2.09. The van der Waals surface area contributed by atoms with Crippen molar-refractivity contribution in [3.05, 3.63) is 53.9 Å². The summed E-state index contributed by atoms with van der Waals surface area (Å²) in [5, 5.41) is 6.63. The molecule has 3 rings (SSSR count). The summed E-state index contributed by atoms with van der Waals surface area (Å²) >= 11 is 0. The van der Waals surface area contributed by atoms with E-state index in [1.165, 1.54) is 14.2 Å². The number of amides is 1. The van der Waals surface area contributed by atoms with E-state index in [1.807, 2.05) is 12.1 Å². The van der Waals surface area contributed by atoms with E-state index in [0.29, 0.717) is 28.8 Å². The molecule has 3 aromatic rings. The molecule has 8 nitrogen and oxygen atoms in total. The average molecular weight is 369 g/mol. The highest BCUT2D eigenvalue weighted by Crippen LogP contribution is 2.27. The highest BCUT2D eigenvalue weighted by molar-refractivity contribution is 5.94. The Hall–Kier alpha value is -3.55. The van der Waals surface area contributed by atoms with Crippen LogP contribution in [0.4, 0.5) is 0 Å². The van der Waals surface area contributed by atoms with Crippen molar-refractivity contribution < 1.29 is 23.5 Å². The second-order valence-corrected chi connectivity index (χ2v) is 5.50. The smallest absolute Gasteiger partial charge is 0.257 e. The monoisotopic (exact) mass is 369 g/mol. The fourth-order valence-electron chi connectivity index (χ4n) is 2.42. The van der Waals surface area contributed by atoms with Crippen molar-refractivity contribution in [1.29, 1.82) is 0 Å². The van der Waals surface area contributed by atoms with Crippen LogP contribution in [-0.2, 0) is 6.54 Å². The number of benzene rings is 2. The number of ether oxygens (including phenoxy) is 3. The van der Waals surface area contributed by atoms with Crippen LogP contribution >= 0.6 is 0 Å². The number of carbonyl (C=O) groups excluding carboxylic acids is 1. The van der Waals surface area contributed by atoms with E-state index >= 15 is 0 Å². The van der Waals surface area contributed by atoms with Crippen LogP contribution in [0.15, 0.2) is 47.0 Å². The first-order valence-corrected chi connectivity index (χ1v) is 8.12. The third-order valence-corrected chi connectivity index (χ3v) is 3.86. The van der Waals surface area contributed by atoms with Crippen LogP contribution < -0.4 is 19.5 Å². The molecule has 8 heteroatoms. The molecule has 0 spiro atoms. The summed E-state index contributed by atoms with van der Waals surface area (Å²) < 4.78 is 20.7. The molecule has 0 bridgehead atoms. The van der Waals surface area contributed by atoms with Gasteiger partial charge in [0.05, 0.1) is 27.9 Å². The Morgan fingerprint density at radius 3 is 2.41 bits per heavy atom. The molecule has 0 aliphatic heterocycles. The lowest BCUT2D eigenvalue weighted by Crippen LogP contribution is -2.23. The van der Waals surface area contributed by atoms with Gasteiger partial charge < -0.3 is 24.1 Å². The van der Waals surface area contributed by atoms with Crippen molar-refractivity contribution in [3.63, 3.8) is 0 Å². The lowest BCUT2D eigenvalue weighted by atomic mass is 10.2. The van der Waals surface area contributed by atoms with E-state index in [4.69, 9.17) is 18.7 Å². The minimum atomic E-state index is -0.285. The second-order valence-electron chi connectivity index (χ2n) is 5.50. The topological polar surface area (TPSA) is 95.7 Å². The van der Waals surface area contributed by atoms with Crippen LogP contribution in [0.5, 0.6) is 17.2 Å². The van der Waals surface area contributed by atoms with E-state index in [2.05, 4.69) is 15.5 Å². The Morgan fingerprint density at radius 1 is 1.00 bits per heavy atom. The quantitative estimate of drug-likeness (QED) is 0.684. The Morgan fingerprint density at radius 2 is 1.74 bits per heavy atom. The van der Waals surface area contributed by atoms with Gasteiger partial charge in [-0.05, 0) is 42.5 Å². The molecule has 140 valence electrons. The van der Waals surface area contributed by atoms with Gasteiger partial charge in [0.2, 0.25) is 0 Å². The van der Waals surface area contributed by atoms with Crippen LogP contribution in [0, 0.1) is 0 Å². The number of nitrogens with one attached hydrogen (secondary N) is 1. The molecule has 1 N–H and O–H groups in total. The van der Waals surface area contributed by atoms with Gasteiger partial charge in [-0.2, -0.15) is 4.98 Å². The molecule has 0 aliphatic carbocycles. The highest BCUT2D eigenvalue weighted by Gasteiger charge is 2.13. The van der Waals surface area contributed by atoms with Gasteiger partial charge in [-0.25, -0.2) is 0 Å². The van der Waals surface area contributed by atoms with Gasteiger partial charge in [-0.15, -0.1) is 0 Å². The van der Waals surface area contributed by atoms with Gasteiger partial charge in [0.15, 0.2) is 17.3 Å². The Bertz CT molecular complexity index is 921. The molecule has 0 fully saturated rings. The Labute approximate surface area is 156 Å². The molecule has 0 radical (unpaired) electrons. The number of nitrogens with zero attached hydrogens (tertiary/aromatic N) is 2. The molecule has 27 heavy (non-hydrogen) atoms. The molecule has 2 aromatic carbocycles. The number of hydrogen-bond donors (Lipinski definition) is 1. The summed E-state index contributed by atoms with van der Waals surface area (Å²) in [5.41, 5.74) is 1.20. The van der Waals surface area contributed by atoms with E-state index in [9.17, 15) is 4.79 Å². The first kappa shape index (κ1) is 18.2. The van der Waals surface area contributed by atoms with Gasteiger partial charge in [0.25, 0.3) is 11.8 Å². The van der Waals surface area contributed by atoms with Gasteiger partial charge in [0.1, 0.15) is 5.75 Å². The zero-order chi connectivity index (χ0) is 19.2. The molecule has 0 atom stereocenters. The minimum Gasteiger partial charge on any atom is -0.497 e. The van der Waals surface area contributed by atoms with Crippen molar-refractivity contribution in [1.82, 2.24) is 15.5 Å². The Kier molecular flexibility index (Phi) is 5.55.